The van der Waals surface area contributed by atoms with Crippen LogP contribution in [0.5, 0.6) is 0 Å². The third-order valence-electron chi connectivity index (χ3n) is 4.34. The summed E-state index contributed by atoms with van der Waals surface area (Å²) in [5, 5.41) is 4.00. The highest BCUT2D eigenvalue weighted by atomic mass is 32.1. The Morgan fingerprint density at radius 1 is 1.43 bits per heavy atom. The lowest BCUT2D eigenvalue weighted by atomic mass is 9.97. The molecule has 23 heavy (non-hydrogen) atoms. The highest BCUT2D eigenvalue weighted by Crippen LogP contribution is 2.35. The summed E-state index contributed by atoms with van der Waals surface area (Å²) >= 11 is 1.61. The van der Waals surface area contributed by atoms with Gasteiger partial charge in [0.25, 0.3) is 0 Å². The van der Waals surface area contributed by atoms with Crippen LogP contribution in [0.3, 0.4) is 0 Å². The van der Waals surface area contributed by atoms with Crippen molar-refractivity contribution >= 4 is 17.2 Å². The Kier molecular flexibility index (Phi) is 5.08. The zero-order chi connectivity index (χ0) is 16.2. The second kappa shape index (κ2) is 7.23. The van der Waals surface area contributed by atoms with Crippen LogP contribution in [-0.4, -0.2) is 18.0 Å². The molecule has 1 aromatic carbocycles. The van der Waals surface area contributed by atoms with E-state index in [9.17, 15) is 4.79 Å². The van der Waals surface area contributed by atoms with Gasteiger partial charge in [0.05, 0.1) is 18.8 Å². The molecule has 5 heteroatoms. The van der Waals surface area contributed by atoms with Gasteiger partial charge in [-0.2, -0.15) is 0 Å². The minimum absolute atomic E-state index is 0.118. The molecule has 0 bridgehead atoms. The van der Waals surface area contributed by atoms with Crippen molar-refractivity contribution in [2.75, 3.05) is 7.11 Å². The molecule has 3 rings (SSSR count). The average molecular weight is 330 g/mol. The lowest BCUT2D eigenvalue weighted by Gasteiger charge is -2.11. The largest absolute Gasteiger partial charge is 0.378 e. The van der Waals surface area contributed by atoms with E-state index in [-0.39, 0.29) is 5.91 Å². The van der Waals surface area contributed by atoms with Gasteiger partial charge in [0.1, 0.15) is 5.01 Å². The zero-order valence-electron chi connectivity index (χ0n) is 13.6. The molecule has 0 saturated heterocycles. The molecule has 1 N–H and O–H groups in total. The summed E-state index contributed by atoms with van der Waals surface area (Å²) in [5.74, 6) is 0.477. The number of amides is 1. The molecular formula is C18H22N2O2S. The number of benzene rings is 1. The number of thiazole rings is 1. The van der Waals surface area contributed by atoms with E-state index in [2.05, 4.69) is 34.6 Å². The van der Waals surface area contributed by atoms with Gasteiger partial charge < -0.3 is 10.1 Å². The van der Waals surface area contributed by atoms with Crippen molar-refractivity contribution in [1.29, 1.82) is 0 Å². The van der Waals surface area contributed by atoms with Gasteiger partial charge >= 0.3 is 0 Å². The number of nitrogens with one attached hydrogen (secondary N) is 1. The lowest BCUT2D eigenvalue weighted by molar-refractivity contribution is -0.121. The van der Waals surface area contributed by atoms with Crippen molar-refractivity contribution in [2.24, 2.45) is 0 Å². The van der Waals surface area contributed by atoms with E-state index < -0.39 is 0 Å². The number of nitrogens with zero attached hydrogens (tertiary/aromatic N) is 1. The van der Waals surface area contributed by atoms with Gasteiger partial charge in [-0.3, -0.25) is 4.79 Å². The summed E-state index contributed by atoms with van der Waals surface area (Å²) in [4.78, 5) is 17.8. The van der Waals surface area contributed by atoms with Crippen molar-refractivity contribution in [2.45, 2.75) is 45.3 Å². The number of hydrogen-bond donors (Lipinski definition) is 1. The molecule has 1 aliphatic carbocycles. The molecule has 1 heterocycles. The van der Waals surface area contributed by atoms with Crippen LogP contribution in [0.4, 0.5) is 0 Å². The van der Waals surface area contributed by atoms with E-state index in [1.54, 1.807) is 18.4 Å². The summed E-state index contributed by atoms with van der Waals surface area (Å²) in [6.45, 7) is 3.06. The molecule has 0 radical (unpaired) electrons. The van der Waals surface area contributed by atoms with Gasteiger partial charge in [0, 0.05) is 18.4 Å². The Labute approximate surface area is 140 Å². The maximum Gasteiger partial charge on any atom is 0.220 e. The zero-order valence-corrected chi connectivity index (χ0v) is 14.4. The van der Waals surface area contributed by atoms with E-state index in [4.69, 9.17) is 4.74 Å². The van der Waals surface area contributed by atoms with E-state index in [0.717, 1.165) is 28.4 Å². The fraction of sp³-hybridized carbons (Fsp3) is 0.444. The Morgan fingerprint density at radius 3 is 3.09 bits per heavy atom. The number of carbonyl (C=O) groups excluding carboxylic acids is 1. The molecule has 1 aromatic heterocycles. The Bertz CT molecular complexity index is 696. The lowest BCUT2D eigenvalue weighted by Crippen LogP contribution is -2.24. The topological polar surface area (TPSA) is 51.2 Å². The summed E-state index contributed by atoms with van der Waals surface area (Å²) in [5.41, 5.74) is 3.72. The monoisotopic (exact) mass is 330 g/mol. The first-order valence-corrected chi connectivity index (χ1v) is 8.77. The van der Waals surface area contributed by atoms with Crippen LogP contribution < -0.4 is 5.32 Å². The number of hydrogen-bond acceptors (Lipinski definition) is 4. The Morgan fingerprint density at radius 2 is 2.26 bits per heavy atom. The summed E-state index contributed by atoms with van der Waals surface area (Å²) in [7, 11) is 1.66. The highest BCUT2D eigenvalue weighted by Gasteiger charge is 2.24. The van der Waals surface area contributed by atoms with Gasteiger partial charge in [0.2, 0.25) is 5.91 Å². The first-order valence-electron chi connectivity index (χ1n) is 7.96. The number of aromatic nitrogens is 1. The van der Waals surface area contributed by atoms with Crippen LogP contribution in [0.25, 0.3) is 0 Å². The SMILES string of the molecule is COCc1nc(C)c(CNC(=O)CC2CCc3ccccc32)s1. The second-order valence-electron chi connectivity index (χ2n) is 5.96. The maximum absolute atomic E-state index is 12.3. The molecule has 1 atom stereocenters. The fourth-order valence-electron chi connectivity index (χ4n) is 3.17. The molecule has 0 aliphatic heterocycles. The van der Waals surface area contributed by atoms with E-state index >= 15 is 0 Å². The van der Waals surface area contributed by atoms with Gasteiger partial charge in [-0.1, -0.05) is 24.3 Å². The molecule has 122 valence electrons. The van der Waals surface area contributed by atoms with Crippen molar-refractivity contribution < 1.29 is 9.53 Å². The fourth-order valence-corrected chi connectivity index (χ4v) is 4.15. The second-order valence-corrected chi connectivity index (χ2v) is 7.13. The standard InChI is InChI=1S/C18H22N2O2S/c1-12-16(23-18(20-12)11-22-2)10-19-17(21)9-14-8-7-13-5-3-4-6-15(13)14/h3-6,14H,7-11H2,1-2H3,(H,19,21). The Hall–Kier alpha value is -1.72. The van der Waals surface area contributed by atoms with Crippen LogP contribution in [-0.2, 0) is 29.1 Å². The number of rotatable bonds is 6. The van der Waals surface area contributed by atoms with Crippen molar-refractivity contribution in [1.82, 2.24) is 10.3 Å². The first kappa shape index (κ1) is 16.1. The molecule has 0 saturated carbocycles. The van der Waals surface area contributed by atoms with Crippen LogP contribution in [0.15, 0.2) is 24.3 Å². The molecular weight excluding hydrogens is 308 g/mol. The normalized spacial score (nSPS) is 16.3. The van der Waals surface area contributed by atoms with Gasteiger partial charge in [-0.25, -0.2) is 4.98 Å². The predicted octanol–water partition coefficient (Wildman–Crippen LogP) is 3.33. The van der Waals surface area contributed by atoms with Gasteiger partial charge in [-0.05, 0) is 36.8 Å². The summed E-state index contributed by atoms with van der Waals surface area (Å²) in [6, 6.07) is 8.47. The molecule has 0 spiro atoms. The smallest absolute Gasteiger partial charge is 0.220 e. The van der Waals surface area contributed by atoms with Crippen molar-refractivity contribution in [3.8, 4) is 0 Å². The highest BCUT2D eigenvalue weighted by molar-refractivity contribution is 7.11. The van der Waals surface area contributed by atoms with Crippen LogP contribution >= 0.6 is 11.3 Å². The average Bonchev–Trinajstić information content (AvgIpc) is 3.10. The molecule has 2 aromatic rings. The molecule has 1 amide bonds. The summed E-state index contributed by atoms with van der Waals surface area (Å²) in [6.07, 6.45) is 2.73. The quantitative estimate of drug-likeness (QED) is 0.884. The van der Waals surface area contributed by atoms with Crippen molar-refractivity contribution in [3.63, 3.8) is 0 Å². The predicted molar refractivity (Wildman–Crippen MR) is 91.5 cm³/mol. The minimum atomic E-state index is 0.118. The molecule has 1 aliphatic rings. The molecule has 1 unspecified atom stereocenters. The number of aryl methyl sites for hydroxylation is 2. The van der Waals surface area contributed by atoms with E-state index in [1.165, 1.54) is 11.1 Å². The van der Waals surface area contributed by atoms with Crippen LogP contribution in [0.2, 0.25) is 0 Å². The minimum Gasteiger partial charge on any atom is -0.378 e. The summed E-state index contributed by atoms with van der Waals surface area (Å²) < 4.78 is 5.10. The number of carbonyl (C=O) groups is 1. The number of methoxy groups -OCH3 is 1. The third kappa shape index (κ3) is 3.79. The first-order chi connectivity index (χ1) is 11.2. The van der Waals surface area contributed by atoms with E-state index in [0.29, 0.717) is 25.5 Å². The maximum atomic E-state index is 12.3. The molecule has 0 fully saturated rings. The van der Waals surface area contributed by atoms with Crippen LogP contribution in [0.1, 0.15) is 45.5 Å². The number of ether oxygens (including phenoxy) is 1. The molecule has 4 nitrogen and oxygen atoms in total. The van der Waals surface area contributed by atoms with Gasteiger partial charge in [-0.15, -0.1) is 11.3 Å². The number of fused-ring (bicyclic) bond motifs is 1. The van der Waals surface area contributed by atoms with Gasteiger partial charge in [0.15, 0.2) is 0 Å². The van der Waals surface area contributed by atoms with Crippen molar-refractivity contribution in [3.05, 3.63) is 51.0 Å². The Balaban J connectivity index is 1.54. The van der Waals surface area contributed by atoms with E-state index in [1.807, 2.05) is 6.92 Å². The third-order valence-corrected chi connectivity index (χ3v) is 5.47. The van der Waals surface area contributed by atoms with Crippen LogP contribution in [0, 0.1) is 6.92 Å².